The van der Waals surface area contributed by atoms with Gasteiger partial charge in [-0.2, -0.15) is 0 Å². The summed E-state index contributed by atoms with van der Waals surface area (Å²) in [4.78, 5) is 40.2. The number of aromatic hydroxyl groups is 1. The molecule has 3 amide bonds. The molecule has 8 heteroatoms. The summed E-state index contributed by atoms with van der Waals surface area (Å²) in [6.07, 6.45) is 0. The highest BCUT2D eigenvalue weighted by Gasteiger charge is 2.37. The van der Waals surface area contributed by atoms with Crippen LogP contribution in [0, 0.1) is 0 Å². The number of ether oxygens (including phenoxy) is 1. The lowest BCUT2D eigenvalue weighted by atomic mass is 10.1. The summed E-state index contributed by atoms with van der Waals surface area (Å²) in [6, 6.07) is 18.6. The van der Waals surface area contributed by atoms with Gasteiger partial charge in [0.25, 0.3) is 17.7 Å². The molecule has 0 unspecified atom stereocenters. The molecule has 0 bridgehead atoms. The molecule has 1 fully saturated rings. The Morgan fingerprint density at radius 1 is 0.844 bits per heavy atom. The summed E-state index contributed by atoms with van der Waals surface area (Å²) in [6.45, 7) is 1.05. The fourth-order valence-corrected chi connectivity index (χ4v) is 3.89. The Bertz CT molecular complexity index is 1200. The van der Waals surface area contributed by atoms with Crippen LogP contribution in [-0.2, 0) is 9.53 Å². The number of para-hydroxylation sites is 1. The van der Waals surface area contributed by atoms with Crippen LogP contribution in [0.1, 0.15) is 20.7 Å². The fraction of sp³-hybridized carbons (Fsp3) is 0.125. The Hall–Kier alpha value is -4.17. The van der Waals surface area contributed by atoms with E-state index in [9.17, 15) is 19.5 Å². The van der Waals surface area contributed by atoms with Gasteiger partial charge in [0.05, 0.1) is 29.1 Å². The van der Waals surface area contributed by atoms with Crippen LogP contribution in [0.4, 0.5) is 22.7 Å². The minimum Gasteiger partial charge on any atom is -0.504 e. The van der Waals surface area contributed by atoms with Crippen molar-refractivity contribution >= 4 is 40.5 Å². The van der Waals surface area contributed by atoms with Gasteiger partial charge in [-0.15, -0.1) is 0 Å². The van der Waals surface area contributed by atoms with Gasteiger partial charge >= 0.3 is 0 Å². The lowest BCUT2D eigenvalue weighted by molar-refractivity contribution is -0.125. The van der Waals surface area contributed by atoms with E-state index in [0.29, 0.717) is 35.7 Å². The number of rotatable bonds is 4. The molecule has 2 heterocycles. The highest BCUT2D eigenvalue weighted by Crippen LogP contribution is 2.40. The summed E-state index contributed by atoms with van der Waals surface area (Å²) < 4.78 is 5.16. The number of nitrogens with zero attached hydrogens (tertiary/aromatic N) is 2. The number of hydrogen-bond acceptors (Lipinski definition) is 6. The zero-order valence-electron chi connectivity index (χ0n) is 16.9. The number of morpholine rings is 1. The van der Waals surface area contributed by atoms with Crippen molar-refractivity contribution in [3.05, 3.63) is 77.9 Å². The maximum atomic E-state index is 12.8. The third-order valence-corrected chi connectivity index (χ3v) is 5.49. The van der Waals surface area contributed by atoms with Crippen molar-refractivity contribution in [1.29, 1.82) is 0 Å². The molecule has 32 heavy (non-hydrogen) atoms. The summed E-state index contributed by atoms with van der Waals surface area (Å²) in [5.41, 5.74) is 2.50. The van der Waals surface area contributed by atoms with Gasteiger partial charge in [-0.3, -0.25) is 14.4 Å². The molecule has 8 nitrogen and oxygen atoms in total. The molecule has 0 saturated carbocycles. The quantitative estimate of drug-likeness (QED) is 0.488. The molecule has 1 saturated heterocycles. The van der Waals surface area contributed by atoms with E-state index in [0.717, 1.165) is 10.6 Å². The standard InChI is InChI=1S/C24H19N3O5/c28-21-14-32-13-12-26(21)16-10-8-15(9-11-16)25-19-6-3-7-20(22(19)29)27-23(30)17-4-1-2-5-18(17)24(27)31/h1-11,25,29H,12-14H2. The first kappa shape index (κ1) is 19.8. The summed E-state index contributed by atoms with van der Waals surface area (Å²) in [5, 5.41) is 13.9. The number of amides is 3. The largest absolute Gasteiger partial charge is 0.504 e. The number of anilines is 4. The van der Waals surface area contributed by atoms with E-state index in [1.54, 1.807) is 65.6 Å². The topological polar surface area (TPSA) is 99.2 Å². The van der Waals surface area contributed by atoms with Crippen LogP contribution in [0.2, 0.25) is 0 Å². The molecule has 0 spiro atoms. The molecule has 3 aromatic rings. The van der Waals surface area contributed by atoms with Gasteiger partial charge in [0.2, 0.25) is 0 Å². The number of benzene rings is 3. The van der Waals surface area contributed by atoms with Gasteiger partial charge in [-0.05, 0) is 48.5 Å². The van der Waals surface area contributed by atoms with Crippen molar-refractivity contribution < 1.29 is 24.2 Å². The Morgan fingerprint density at radius 2 is 1.53 bits per heavy atom. The highest BCUT2D eigenvalue weighted by atomic mass is 16.5. The normalized spacial score (nSPS) is 15.8. The highest BCUT2D eigenvalue weighted by molar-refractivity contribution is 6.35. The predicted molar refractivity (Wildman–Crippen MR) is 119 cm³/mol. The van der Waals surface area contributed by atoms with Crippen LogP contribution in [0.3, 0.4) is 0 Å². The minimum absolute atomic E-state index is 0.0679. The number of nitrogens with one attached hydrogen (secondary N) is 1. The second-order valence-electron chi connectivity index (χ2n) is 7.43. The van der Waals surface area contributed by atoms with Crippen molar-refractivity contribution in [3.8, 4) is 5.75 Å². The second kappa shape index (κ2) is 7.82. The molecular weight excluding hydrogens is 410 g/mol. The first-order valence-corrected chi connectivity index (χ1v) is 10.1. The van der Waals surface area contributed by atoms with Crippen molar-refractivity contribution in [2.45, 2.75) is 0 Å². The van der Waals surface area contributed by atoms with Crippen LogP contribution in [0.15, 0.2) is 66.7 Å². The minimum atomic E-state index is -0.474. The third kappa shape index (κ3) is 3.27. The Morgan fingerprint density at radius 3 is 2.19 bits per heavy atom. The Kier molecular flexibility index (Phi) is 4.84. The van der Waals surface area contributed by atoms with Crippen LogP contribution in [-0.4, -0.2) is 42.6 Å². The zero-order valence-corrected chi connectivity index (χ0v) is 16.9. The predicted octanol–water partition coefficient (Wildman–Crippen LogP) is 3.30. The molecule has 0 atom stereocenters. The number of hydrogen-bond donors (Lipinski definition) is 2. The number of phenols is 1. The third-order valence-electron chi connectivity index (χ3n) is 5.49. The van der Waals surface area contributed by atoms with Crippen molar-refractivity contribution in [3.63, 3.8) is 0 Å². The molecule has 2 aliphatic rings. The van der Waals surface area contributed by atoms with Gasteiger partial charge in [-0.25, -0.2) is 4.90 Å². The van der Waals surface area contributed by atoms with Crippen molar-refractivity contribution in [1.82, 2.24) is 0 Å². The van der Waals surface area contributed by atoms with Crippen LogP contribution < -0.4 is 15.1 Å². The van der Waals surface area contributed by atoms with Gasteiger partial charge in [0, 0.05) is 17.9 Å². The van der Waals surface area contributed by atoms with Gasteiger partial charge in [0.15, 0.2) is 5.75 Å². The van der Waals surface area contributed by atoms with E-state index in [1.807, 2.05) is 0 Å². The van der Waals surface area contributed by atoms with Gasteiger partial charge in [-0.1, -0.05) is 18.2 Å². The van der Waals surface area contributed by atoms with E-state index < -0.39 is 11.8 Å². The maximum absolute atomic E-state index is 12.8. The average Bonchev–Trinajstić information content (AvgIpc) is 3.07. The molecule has 0 aromatic heterocycles. The monoisotopic (exact) mass is 429 g/mol. The molecule has 2 aliphatic heterocycles. The van der Waals surface area contributed by atoms with E-state index >= 15 is 0 Å². The number of carbonyl (C=O) groups is 3. The number of fused-ring (bicyclic) bond motifs is 1. The number of carbonyl (C=O) groups excluding carboxylic acids is 3. The van der Waals surface area contributed by atoms with Gasteiger partial charge < -0.3 is 20.1 Å². The van der Waals surface area contributed by atoms with Crippen molar-refractivity contribution in [2.24, 2.45) is 0 Å². The van der Waals surface area contributed by atoms with E-state index in [-0.39, 0.29) is 24.0 Å². The maximum Gasteiger partial charge on any atom is 0.266 e. The van der Waals surface area contributed by atoms with Crippen LogP contribution in [0.25, 0.3) is 0 Å². The van der Waals surface area contributed by atoms with Crippen LogP contribution in [0.5, 0.6) is 5.75 Å². The summed E-state index contributed by atoms with van der Waals surface area (Å²) >= 11 is 0. The molecule has 0 aliphatic carbocycles. The van der Waals surface area contributed by atoms with E-state index in [1.165, 1.54) is 6.07 Å². The molecule has 160 valence electrons. The zero-order chi connectivity index (χ0) is 22.2. The fourth-order valence-electron chi connectivity index (χ4n) is 3.89. The number of imide groups is 1. The Labute approximate surface area is 183 Å². The lowest BCUT2D eigenvalue weighted by Gasteiger charge is -2.27. The van der Waals surface area contributed by atoms with Crippen LogP contribution >= 0.6 is 0 Å². The average molecular weight is 429 g/mol. The molecular formula is C24H19N3O5. The molecule has 5 rings (SSSR count). The Balaban J connectivity index is 1.40. The first-order chi connectivity index (χ1) is 15.5. The van der Waals surface area contributed by atoms with Gasteiger partial charge in [0.1, 0.15) is 6.61 Å². The van der Waals surface area contributed by atoms with Crippen molar-refractivity contribution in [2.75, 3.05) is 34.9 Å². The molecule has 0 radical (unpaired) electrons. The summed E-state index contributed by atoms with van der Waals surface area (Å²) in [5.74, 6) is -1.26. The second-order valence-corrected chi connectivity index (χ2v) is 7.43. The summed E-state index contributed by atoms with van der Waals surface area (Å²) in [7, 11) is 0. The van der Waals surface area contributed by atoms with E-state index in [4.69, 9.17) is 4.74 Å². The molecule has 3 aromatic carbocycles. The van der Waals surface area contributed by atoms with E-state index in [2.05, 4.69) is 5.32 Å². The molecule has 2 N–H and O–H groups in total. The SMILES string of the molecule is O=C1COCCN1c1ccc(Nc2cccc(N3C(=O)c4ccccc4C3=O)c2O)cc1. The lowest BCUT2D eigenvalue weighted by Crippen LogP contribution is -2.41. The first-order valence-electron chi connectivity index (χ1n) is 10.1. The number of phenolic OH excluding ortho intramolecular Hbond substituents is 1. The smallest absolute Gasteiger partial charge is 0.266 e.